The third kappa shape index (κ3) is 2.04. The summed E-state index contributed by atoms with van der Waals surface area (Å²) in [6, 6.07) is 0. The van der Waals surface area contributed by atoms with Crippen molar-refractivity contribution >= 4 is 0 Å². The van der Waals surface area contributed by atoms with Gasteiger partial charge in [-0.25, -0.2) is 0 Å². The van der Waals surface area contributed by atoms with Gasteiger partial charge in [0.25, 0.3) is 0 Å². The Morgan fingerprint density at radius 1 is 1.20 bits per heavy atom. The molecule has 2 rings (SSSR count). The summed E-state index contributed by atoms with van der Waals surface area (Å²) in [6.07, 6.45) is 8.10. The summed E-state index contributed by atoms with van der Waals surface area (Å²) in [5.41, 5.74) is 5.00. The normalized spacial score (nSPS) is 35.3. The topological polar surface area (TPSA) is 0 Å². The van der Waals surface area contributed by atoms with Crippen LogP contribution in [0.3, 0.4) is 0 Å². The molecule has 0 aromatic carbocycles. The number of rotatable bonds is 1. The van der Waals surface area contributed by atoms with Crippen LogP contribution in [0.25, 0.3) is 0 Å². The van der Waals surface area contributed by atoms with Crippen LogP contribution in [0.5, 0.6) is 0 Å². The van der Waals surface area contributed by atoms with E-state index in [1.165, 1.54) is 31.3 Å². The lowest BCUT2D eigenvalue weighted by molar-refractivity contribution is 0.300. The van der Waals surface area contributed by atoms with Crippen molar-refractivity contribution in [2.24, 2.45) is 17.8 Å². The average molecular weight is 204 g/mol. The fourth-order valence-corrected chi connectivity index (χ4v) is 3.55. The van der Waals surface area contributed by atoms with Crippen molar-refractivity contribution in [3.05, 3.63) is 22.8 Å². The molecule has 0 radical (unpaired) electrons. The second-order valence-electron chi connectivity index (χ2n) is 5.79. The van der Waals surface area contributed by atoms with Gasteiger partial charge in [0.1, 0.15) is 0 Å². The SMILES string of the molecule is CC(C)=C[C@@H]1CC[C@@H](C)[C@H]2CCC(C)=C12. The Labute approximate surface area is 94.5 Å². The highest BCUT2D eigenvalue weighted by Gasteiger charge is 2.35. The zero-order chi connectivity index (χ0) is 11.0. The van der Waals surface area contributed by atoms with Crippen LogP contribution < -0.4 is 0 Å². The predicted octanol–water partition coefficient (Wildman–Crippen LogP) is 4.73. The first kappa shape index (κ1) is 11.0. The van der Waals surface area contributed by atoms with E-state index in [0.717, 1.165) is 17.8 Å². The predicted molar refractivity (Wildman–Crippen MR) is 66.7 cm³/mol. The zero-order valence-electron chi connectivity index (χ0n) is 10.6. The van der Waals surface area contributed by atoms with Crippen molar-refractivity contribution in [2.75, 3.05) is 0 Å². The standard InChI is InChI=1S/C15H24/c1-10(2)9-13-7-5-11(3)14-8-6-12(4)15(13)14/h9,11,13-14H,5-8H2,1-4H3/t11-,13+,14-/m1/s1. The van der Waals surface area contributed by atoms with Gasteiger partial charge in [-0.15, -0.1) is 0 Å². The van der Waals surface area contributed by atoms with E-state index in [0.29, 0.717) is 0 Å². The first-order valence-corrected chi connectivity index (χ1v) is 6.44. The van der Waals surface area contributed by atoms with Gasteiger partial charge in [-0.2, -0.15) is 0 Å². The molecule has 2 aliphatic carbocycles. The largest absolute Gasteiger partial charge is 0.0798 e. The molecule has 84 valence electrons. The molecule has 0 amide bonds. The van der Waals surface area contributed by atoms with Crippen molar-refractivity contribution in [1.82, 2.24) is 0 Å². The Balaban J connectivity index is 2.28. The van der Waals surface area contributed by atoms with Gasteiger partial charge in [0.05, 0.1) is 0 Å². The highest BCUT2D eigenvalue weighted by molar-refractivity contribution is 5.30. The van der Waals surface area contributed by atoms with Gasteiger partial charge < -0.3 is 0 Å². The van der Waals surface area contributed by atoms with E-state index in [9.17, 15) is 0 Å². The van der Waals surface area contributed by atoms with Crippen molar-refractivity contribution in [1.29, 1.82) is 0 Å². The second kappa shape index (κ2) is 4.15. The van der Waals surface area contributed by atoms with Crippen LogP contribution >= 0.6 is 0 Å². The Kier molecular flexibility index (Phi) is 3.04. The minimum atomic E-state index is 0.777. The van der Waals surface area contributed by atoms with Crippen LogP contribution in [-0.4, -0.2) is 0 Å². The van der Waals surface area contributed by atoms with Crippen molar-refractivity contribution in [2.45, 2.75) is 53.4 Å². The van der Waals surface area contributed by atoms with E-state index in [1.807, 2.05) is 5.57 Å². The minimum absolute atomic E-state index is 0.777. The Bertz CT molecular complexity index is 302. The summed E-state index contributed by atoms with van der Waals surface area (Å²) >= 11 is 0. The number of fused-ring (bicyclic) bond motifs is 1. The van der Waals surface area contributed by atoms with Crippen molar-refractivity contribution in [3.8, 4) is 0 Å². The maximum Gasteiger partial charge on any atom is -0.00153 e. The summed E-state index contributed by atoms with van der Waals surface area (Å²) in [6.45, 7) is 9.27. The Morgan fingerprint density at radius 3 is 2.60 bits per heavy atom. The molecule has 0 saturated heterocycles. The summed E-state index contributed by atoms with van der Waals surface area (Å²) in [7, 11) is 0. The van der Waals surface area contributed by atoms with Gasteiger partial charge >= 0.3 is 0 Å². The molecule has 0 aliphatic heterocycles. The Morgan fingerprint density at radius 2 is 1.93 bits per heavy atom. The van der Waals surface area contributed by atoms with Gasteiger partial charge in [-0.3, -0.25) is 0 Å². The maximum atomic E-state index is 2.50. The Hall–Kier alpha value is -0.520. The van der Waals surface area contributed by atoms with E-state index in [1.54, 1.807) is 5.57 Å². The molecule has 2 aliphatic rings. The molecule has 0 N–H and O–H groups in total. The van der Waals surface area contributed by atoms with E-state index >= 15 is 0 Å². The smallest absolute Gasteiger partial charge is 0.00153 e. The number of allylic oxidation sites excluding steroid dienone is 4. The molecule has 0 unspecified atom stereocenters. The average Bonchev–Trinajstić information content (AvgIpc) is 2.54. The van der Waals surface area contributed by atoms with Crippen molar-refractivity contribution in [3.63, 3.8) is 0 Å². The molecule has 0 heterocycles. The van der Waals surface area contributed by atoms with E-state index in [-0.39, 0.29) is 0 Å². The lowest BCUT2D eigenvalue weighted by Gasteiger charge is -2.34. The first-order valence-electron chi connectivity index (χ1n) is 6.44. The fourth-order valence-electron chi connectivity index (χ4n) is 3.55. The molecule has 0 bridgehead atoms. The van der Waals surface area contributed by atoms with Crippen LogP contribution in [0, 0.1) is 17.8 Å². The zero-order valence-corrected chi connectivity index (χ0v) is 10.6. The highest BCUT2D eigenvalue weighted by Crippen LogP contribution is 2.48. The van der Waals surface area contributed by atoms with Crippen LogP contribution in [0.2, 0.25) is 0 Å². The minimum Gasteiger partial charge on any atom is -0.0798 e. The molecular weight excluding hydrogens is 180 g/mol. The van der Waals surface area contributed by atoms with Crippen LogP contribution in [0.4, 0.5) is 0 Å². The van der Waals surface area contributed by atoms with Gasteiger partial charge in [0, 0.05) is 0 Å². The molecular formula is C15H24. The maximum absolute atomic E-state index is 2.50. The lowest BCUT2D eigenvalue weighted by atomic mass is 9.71. The van der Waals surface area contributed by atoms with E-state index in [4.69, 9.17) is 0 Å². The van der Waals surface area contributed by atoms with Crippen LogP contribution in [0.15, 0.2) is 22.8 Å². The summed E-state index contributed by atoms with van der Waals surface area (Å²) in [5, 5.41) is 0. The monoisotopic (exact) mass is 204 g/mol. The molecule has 1 saturated carbocycles. The van der Waals surface area contributed by atoms with Gasteiger partial charge in [0.2, 0.25) is 0 Å². The summed E-state index contributed by atoms with van der Waals surface area (Å²) in [4.78, 5) is 0. The van der Waals surface area contributed by atoms with Crippen molar-refractivity contribution < 1.29 is 0 Å². The molecule has 0 spiro atoms. The molecule has 0 aromatic heterocycles. The molecule has 3 atom stereocenters. The molecule has 0 heteroatoms. The third-order valence-corrected chi connectivity index (χ3v) is 4.28. The van der Waals surface area contributed by atoms with Gasteiger partial charge in [-0.05, 0) is 64.2 Å². The number of hydrogen-bond acceptors (Lipinski definition) is 0. The van der Waals surface area contributed by atoms with Gasteiger partial charge in [-0.1, -0.05) is 29.7 Å². The molecule has 0 aromatic rings. The van der Waals surface area contributed by atoms with Crippen LogP contribution in [-0.2, 0) is 0 Å². The summed E-state index contributed by atoms with van der Waals surface area (Å²) in [5.74, 6) is 2.62. The summed E-state index contributed by atoms with van der Waals surface area (Å²) < 4.78 is 0. The van der Waals surface area contributed by atoms with E-state index in [2.05, 4.69) is 33.8 Å². The first-order chi connectivity index (χ1) is 7.09. The second-order valence-corrected chi connectivity index (χ2v) is 5.79. The lowest BCUT2D eigenvalue weighted by Crippen LogP contribution is -2.23. The molecule has 0 nitrogen and oxygen atoms in total. The molecule has 15 heavy (non-hydrogen) atoms. The third-order valence-electron chi connectivity index (χ3n) is 4.28. The fraction of sp³-hybridized carbons (Fsp3) is 0.733. The molecule has 1 fully saturated rings. The van der Waals surface area contributed by atoms with E-state index < -0.39 is 0 Å². The van der Waals surface area contributed by atoms with Gasteiger partial charge in [0.15, 0.2) is 0 Å². The quantitative estimate of drug-likeness (QED) is 0.542. The van der Waals surface area contributed by atoms with Crippen LogP contribution in [0.1, 0.15) is 53.4 Å². The number of hydrogen-bond donors (Lipinski definition) is 0. The highest BCUT2D eigenvalue weighted by atomic mass is 14.4.